The first kappa shape index (κ1) is 15.8. The van der Waals surface area contributed by atoms with Gasteiger partial charge in [-0.25, -0.2) is 4.79 Å². The van der Waals surface area contributed by atoms with E-state index in [9.17, 15) is 13.2 Å². The fourth-order valence-corrected chi connectivity index (χ4v) is 1.52. The molecule has 0 fully saturated rings. The predicted octanol–water partition coefficient (Wildman–Crippen LogP) is -2.84. The maximum atomic E-state index is 10.6. The molecule has 0 aromatic heterocycles. The van der Waals surface area contributed by atoms with Gasteiger partial charge < -0.3 is 16.7 Å². The Morgan fingerprint density at radius 2 is 1.69 bits per heavy atom. The van der Waals surface area contributed by atoms with E-state index in [1.807, 2.05) is 0 Å². The monoisotopic (exact) mass is 274 g/mol. The molecule has 84 valence electrons. The second-order valence-electron chi connectivity index (χ2n) is 2.59. The van der Waals surface area contributed by atoms with E-state index in [0.29, 0.717) is 6.07 Å². The third-order valence-corrected chi connectivity index (χ3v) is 2.51. The number of benzene rings is 1. The van der Waals surface area contributed by atoms with Crippen molar-refractivity contribution in [3.63, 3.8) is 0 Å². The van der Waals surface area contributed by atoms with Crippen molar-refractivity contribution < 1.29 is 85.9 Å². The summed E-state index contributed by atoms with van der Waals surface area (Å²) in [7, 11) is -4.70. The number of hydrogen-bond donors (Lipinski definition) is 4. The predicted molar refractivity (Wildman–Crippen MR) is 47.7 cm³/mol. The molecule has 0 aliphatic carbocycles. The van der Waals surface area contributed by atoms with Gasteiger partial charge in [-0.2, -0.15) is 8.42 Å². The Morgan fingerprint density at radius 3 is 2.06 bits per heavy atom. The van der Waals surface area contributed by atoms with Crippen molar-refractivity contribution in [3.8, 4) is 11.5 Å². The zero-order valence-electron chi connectivity index (χ0n) is 9.08. The molecule has 0 bridgehead atoms. The van der Waals surface area contributed by atoms with Crippen LogP contribution in [0, 0.1) is 0 Å². The summed E-state index contributed by atoms with van der Waals surface area (Å²) in [6.45, 7) is 0. The first-order valence-electron chi connectivity index (χ1n) is 3.51. The van der Waals surface area contributed by atoms with Crippen LogP contribution in [0.4, 0.5) is 0 Å². The van der Waals surface area contributed by atoms with Gasteiger partial charge in [-0.3, -0.25) is 4.55 Å². The Hall–Kier alpha value is -0.164. The molecule has 0 amide bonds. The Labute approximate surface area is 134 Å². The first-order valence-corrected chi connectivity index (χ1v) is 4.95. The smallest absolute Gasteiger partial charge is 1.00 e. The Kier molecular flexibility index (Phi) is 5.39. The molecule has 0 aliphatic heterocycles. The van der Waals surface area contributed by atoms with Gasteiger partial charge in [0.05, 0.1) is 0 Å². The van der Waals surface area contributed by atoms with Gasteiger partial charge >= 0.3 is 57.4 Å². The molecular formula is C7H7KO7S. The number of phenols is 2. The van der Waals surface area contributed by atoms with Crippen molar-refractivity contribution in [2.24, 2.45) is 0 Å². The largest absolute Gasteiger partial charge is 1.00 e. The SMILES string of the molecule is O=C(O)c1ccc(S(=O)(=O)O)c(O)c1O.[H-].[K+]. The van der Waals surface area contributed by atoms with Gasteiger partial charge in [-0.15, -0.1) is 0 Å². The summed E-state index contributed by atoms with van der Waals surface area (Å²) in [5.74, 6) is -3.85. The molecule has 0 atom stereocenters. The molecule has 1 aromatic rings. The van der Waals surface area contributed by atoms with Gasteiger partial charge in [0.1, 0.15) is 10.5 Å². The van der Waals surface area contributed by atoms with Gasteiger partial charge in [0, 0.05) is 0 Å². The summed E-state index contributed by atoms with van der Waals surface area (Å²) >= 11 is 0. The van der Waals surface area contributed by atoms with Gasteiger partial charge in [0.2, 0.25) is 0 Å². The standard InChI is InChI=1S/C7H6O7S.K.H/c8-5-3(7(10)11)1-2-4(6(5)9)15(12,13)14;;/h1-2,8-9H,(H,10,11)(H,12,13,14);;/q;+1;-1. The maximum Gasteiger partial charge on any atom is 1.00 e. The minimum absolute atomic E-state index is 0. The van der Waals surface area contributed by atoms with Crippen LogP contribution in [-0.4, -0.2) is 34.3 Å². The Bertz CT molecular complexity index is 527. The van der Waals surface area contributed by atoms with Crippen molar-refractivity contribution in [2.75, 3.05) is 0 Å². The van der Waals surface area contributed by atoms with Gasteiger partial charge in [-0.05, 0) is 12.1 Å². The fourth-order valence-electron chi connectivity index (χ4n) is 0.942. The number of carboxylic acids is 1. The van der Waals surface area contributed by atoms with Crippen molar-refractivity contribution >= 4 is 16.1 Å². The molecule has 0 heterocycles. The fraction of sp³-hybridized carbons (Fsp3) is 0. The normalized spacial score (nSPS) is 10.6. The Morgan fingerprint density at radius 1 is 1.19 bits per heavy atom. The van der Waals surface area contributed by atoms with E-state index in [-0.39, 0.29) is 52.8 Å². The van der Waals surface area contributed by atoms with Crippen LogP contribution in [0.15, 0.2) is 17.0 Å². The van der Waals surface area contributed by atoms with Crippen molar-refractivity contribution in [1.29, 1.82) is 0 Å². The third-order valence-electron chi connectivity index (χ3n) is 1.62. The summed E-state index contributed by atoms with van der Waals surface area (Å²) in [6.07, 6.45) is 0. The summed E-state index contributed by atoms with van der Waals surface area (Å²) < 4.78 is 29.8. The third kappa shape index (κ3) is 3.17. The number of aromatic hydroxyl groups is 2. The molecule has 7 nitrogen and oxygen atoms in total. The zero-order chi connectivity index (χ0) is 11.8. The minimum atomic E-state index is -4.70. The molecule has 1 rings (SSSR count). The van der Waals surface area contributed by atoms with E-state index >= 15 is 0 Å². The van der Waals surface area contributed by atoms with E-state index in [1.165, 1.54) is 0 Å². The molecule has 1 aromatic carbocycles. The van der Waals surface area contributed by atoms with Crippen molar-refractivity contribution in [1.82, 2.24) is 0 Å². The molecule has 0 aliphatic rings. The van der Waals surface area contributed by atoms with Gasteiger partial charge in [-0.1, -0.05) is 0 Å². The average molecular weight is 274 g/mol. The van der Waals surface area contributed by atoms with Crippen LogP contribution in [0.2, 0.25) is 0 Å². The summed E-state index contributed by atoms with van der Waals surface area (Å²) in [5.41, 5.74) is -0.667. The summed E-state index contributed by atoms with van der Waals surface area (Å²) in [6, 6.07) is 1.42. The van der Waals surface area contributed by atoms with Crippen LogP contribution < -0.4 is 51.4 Å². The van der Waals surface area contributed by atoms with Crippen molar-refractivity contribution in [3.05, 3.63) is 17.7 Å². The second-order valence-corrected chi connectivity index (χ2v) is 3.98. The molecule has 16 heavy (non-hydrogen) atoms. The maximum absolute atomic E-state index is 10.6. The Balaban J connectivity index is 0. The summed E-state index contributed by atoms with van der Waals surface area (Å²) in [4.78, 5) is 9.50. The van der Waals surface area contributed by atoms with Gasteiger partial charge in [0.25, 0.3) is 10.1 Å². The molecule has 9 heteroatoms. The molecule has 0 saturated heterocycles. The number of hydrogen-bond acceptors (Lipinski definition) is 5. The number of aromatic carboxylic acids is 1. The zero-order valence-corrected chi connectivity index (χ0v) is 12.0. The van der Waals surface area contributed by atoms with E-state index in [4.69, 9.17) is 19.9 Å². The second kappa shape index (κ2) is 5.45. The quantitative estimate of drug-likeness (QED) is 0.259. The number of phenolic OH excluding ortho intramolecular Hbond substituents is 1. The molecule has 0 saturated carbocycles. The van der Waals surface area contributed by atoms with Crippen LogP contribution in [0.25, 0.3) is 0 Å². The van der Waals surface area contributed by atoms with E-state index < -0.39 is 38.0 Å². The molecule has 0 radical (unpaired) electrons. The molecule has 0 unspecified atom stereocenters. The number of carboxylic acid groups (broad SMARTS) is 1. The van der Waals surface area contributed by atoms with Crippen LogP contribution in [-0.2, 0) is 10.1 Å². The molecule has 0 spiro atoms. The van der Waals surface area contributed by atoms with Crippen LogP contribution in [0.5, 0.6) is 11.5 Å². The first-order chi connectivity index (χ1) is 6.75. The van der Waals surface area contributed by atoms with Gasteiger partial charge in [0.15, 0.2) is 11.5 Å². The number of rotatable bonds is 2. The minimum Gasteiger partial charge on any atom is -1.00 e. The number of carbonyl (C=O) groups is 1. The average Bonchev–Trinajstić information content (AvgIpc) is 2.06. The van der Waals surface area contributed by atoms with Crippen LogP contribution in [0.1, 0.15) is 11.8 Å². The van der Waals surface area contributed by atoms with Crippen LogP contribution >= 0.6 is 0 Å². The van der Waals surface area contributed by atoms with E-state index in [2.05, 4.69) is 0 Å². The van der Waals surface area contributed by atoms with E-state index in [1.54, 1.807) is 0 Å². The molecule has 4 N–H and O–H groups in total. The topological polar surface area (TPSA) is 132 Å². The van der Waals surface area contributed by atoms with Crippen LogP contribution in [0.3, 0.4) is 0 Å². The van der Waals surface area contributed by atoms with Crippen molar-refractivity contribution in [2.45, 2.75) is 4.90 Å². The summed E-state index contributed by atoms with van der Waals surface area (Å²) in [5, 5.41) is 26.7. The van der Waals surface area contributed by atoms with E-state index in [0.717, 1.165) is 6.07 Å². The molecular weight excluding hydrogens is 267 g/mol.